The van der Waals surface area contributed by atoms with Gasteiger partial charge < -0.3 is 5.32 Å². The molecule has 4 unspecified atom stereocenters. The highest BCUT2D eigenvalue weighted by Gasteiger charge is 2.41. The molecule has 4 atom stereocenters. The second kappa shape index (κ2) is 13.5. The van der Waals surface area contributed by atoms with Gasteiger partial charge in [-0.2, -0.15) is 0 Å². The van der Waals surface area contributed by atoms with Crippen LogP contribution in [0.3, 0.4) is 0 Å². The summed E-state index contributed by atoms with van der Waals surface area (Å²) in [6, 6.07) is 49.6. The molecule has 0 amide bonds. The molecule has 0 fully saturated rings. The van der Waals surface area contributed by atoms with E-state index in [1.165, 1.54) is 33.0 Å². The second-order valence-corrected chi connectivity index (χ2v) is 15.5. The molecule has 6 aromatic carbocycles. The lowest BCUT2D eigenvalue weighted by Crippen LogP contribution is -2.39. The van der Waals surface area contributed by atoms with Crippen LogP contribution in [0.1, 0.15) is 59.0 Å². The van der Waals surface area contributed by atoms with Crippen LogP contribution in [-0.4, -0.2) is 36.2 Å². The van der Waals surface area contributed by atoms with Crippen molar-refractivity contribution in [1.82, 2.24) is 5.32 Å². The first-order valence-corrected chi connectivity index (χ1v) is 19.4. The number of hydrogen-bond donors (Lipinski definition) is 1. The summed E-state index contributed by atoms with van der Waals surface area (Å²) in [6.07, 6.45) is 14.7. The molecule has 0 saturated heterocycles. The van der Waals surface area contributed by atoms with Gasteiger partial charge in [-0.05, 0) is 63.7 Å². The first-order chi connectivity index (χ1) is 27.5. The van der Waals surface area contributed by atoms with Crippen molar-refractivity contribution in [1.29, 1.82) is 0 Å². The summed E-state index contributed by atoms with van der Waals surface area (Å²) in [6.45, 7) is 5.28. The van der Waals surface area contributed by atoms with E-state index in [0.29, 0.717) is 6.54 Å². The Morgan fingerprint density at radius 2 is 1.29 bits per heavy atom. The predicted octanol–water partition coefficient (Wildman–Crippen LogP) is 10.5. The summed E-state index contributed by atoms with van der Waals surface area (Å²) in [7, 11) is 0. The van der Waals surface area contributed by atoms with Gasteiger partial charge in [-0.3, -0.25) is 9.98 Å². The van der Waals surface area contributed by atoms with Crippen LogP contribution in [0, 0.1) is 0 Å². The van der Waals surface area contributed by atoms with E-state index in [9.17, 15) is 0 Å². The van der Waals surface area contributed by atoms with Crippen LogP contribution in [0.15, 0.2) is 196 Å². The van der Waals surface area contributed by atoms with Crippen LogP contribution in [0.4, 0.5) is 0 Å². The summed E-state index contributed by atoms with van der Waals surface area (Å²) >= 11 is 0. The molecule has 0 spiro atoms. The molecule has 1 N–H and O–H groups in total. The van der Waals surface area contributed by atoms with Crippen LogP contribution in [0.25, 0.3) is 21.9 Å². The smallest absolute Gasteiger partial charge is 0.169 e. The Hall–Kier alpha value is -6.72. The summed E-state index contributed by atoms with van der Waals surface area (Å²) in [5, 5.41) is 6.12. The summed E-state index contributed by atoms with van der Waals surface area (Å²) in [5.41, 5.74) is 10.6. The number of amidine groups is 2. The third kappa shape index (κ3) is 5.79. The predicted molar refractivity (Wildman–Crippen MR) is 233 cm³/mol. The van der Waals surface area contributed by atoms with Crippen LogP contribution >= 0.6 is 0 Å². The number of hydrogen-bond acceptors (Lipinski definition) is 5. The molecule has 4 aliphatic rings. The fourth-order valence-corrected chi connectivity index (χ4v) is 8.72. The third-order valence-corrected chi connectivity index (χ3v) is 11.8. The van der Waals surface area contributed by atoms with Gasteiger partial charge in [0.15, 0.2) is 6.17 Å². The van der Waals surface area contributed by atoms with E-state index in [1.54, 1.807) is 0 Å². The molecule has 0 bridgehead atoms. The van der Waals surface area contributed by atoms with Crippen molar-refractivity contribution in [3.05, 3.63) is 215 Å². The van der Waals surface area contributed by atoms with E-state index in [4.69, 9.17) is 20.0 Å². The van der Waals surface area contributed by atoms with Gasteiger partial charge in [0.2, 0.25) is 0 Å². The molecule has 6 aromatic rings. The first kappa shape index (κ1) is 33.8. The minimum Gasteiger partial charge on any atom is -0.324 e. The summed E-state index contributed by atoms with van der Waals surface area (Å²) < 4.78 is 0. The number of nitrogens with zero attached hydrogens (tertiary/aromatic N) is 4. The van der Waals surface area contributed by atoms with Crippen LogP contribution in [0.2, 0.25) is 0 Å². The van der Waals surface area contributed by atoms with Gasteiger partial charge in [-0.25, -0.2) is 9.98 Å². The zero-order valence-corrected chi connectivity index (χ0v) is 31.5. The van der Waals surface area contributed by atoms with Crippen molar-refractivity contribution >= 4 is 34.4 Å². The van der Waals surface area contributed by atoms with Gasteiger partial charge in [0, 0.05) is 39.3 Å². The Bertz CT molecular complexity index is 2720. The highest BCUT2D eigenvalue weighted by Crippen LogP contribution is 2.46. The topological polar surface area (TPSA) is 61.5 Å². The normalized spacial score (nSPS) is 23.4. The van der Waals surface area contributed by atoms with Crippen molar-refractivity contribution in [2.24, 2.45) is 20.0 Å². The SMILES string of the molecule is CC1(c2cc(C3=NC(c4ccccc4)N=C(c4ccccc4)N3)cc(-c3cccc4c5c(ccc34)C(c3ccccc3)=NC3C=CC=CC53C)c2)C=CC=NC1. The minimum atomic E-state index is -0.389. The van der Waals surface area contributed by atoms with E-state index in [0.717, 1.165) is 45.2 Å². The van der Waals surface area contributed by atoms with Gasteiger partial charge >= 0.3 is 0 Å². The standard InChI is InChI=1S/C51H41N5/c1-50(27-15-29-52-33-50)39-31-37(30-38(32-39)49-55-47(35-18-8-4-9-19-35)54-48(56-49)36-20-10-5-11-21-36)40-22-14-23-42-41(40)25-26-43-45(42)51(2)28-13-12-24-44(51)53-46(43)34-16-6-3-7-17-34/h3-32,44,47H,33H2,1-2H3,(H,54,55,56). The molecule has 270 valence electrons. The second-order valence-electron chi connectivity index (χ2n) is 15.5. The van der Waals surface area contributed by atoms with Crippen LogP contribution < -0.4 is 5.32 Å². The molecule has 3 aliphatic heterocycles. The molecule has 10 rings (SSSR count). The summed E-state index contributed by atoms with van der Waals surface area (Å²) in [4.78, 5) is 20.5. The molecular formula is C51H41N5. The molecule has 5 heteroatoms. The minimum absolute atomic E-state index is 0.00796. The van der Waals surface area contributed by atoms with E-state index >= 15 is 0 Å². The van der Waals surface area contributed by atoms with Crippen molar-refractivity contribution in [3.8, 4) is 11.1 Å². The van der Waals surface area contributed by atoms with Crippen molar-refractivity contribution in [3.63, 3.8) is 0 Å². The van der Waals surface area contributed by atoms with E-state index in [1.807, 2.05) is 30.5 Å². The fourth-order valence-electron chi connectivity index (χ4n) is 8.72. The van der Waals surface area contributed by atoms with Crippen molar-refractivity contribution in [2.75, 3.05) is 6.54 Å². The van der Waals surface area contributed by atoms with Gasteiger partial charge in [0.1, 0.15) is 11.7 Å². The highest BCUT2D eigenvalue weighted by molar-refractivity contribution is 6.19. The number of benzene rings is 6. The van der Waals surface area contributed by atoms with Crippen LogP contribution in [0.5, 0.6) is 0 Å². The van der Waals surface area contributed by atoms with E-state index in [-0.39, 0.29) is 23.0 Å². The lowest BCUT2D eigenvalue weighted by atomic mass is 9.67. The van der Waals surface area contributed by atoms with Gasteiger partial charge in [-0.1, -0.05) is 165 Å². The molecular weight excluding hydrogens is 683 g/mol. The Morgan fingerprint density at radius 3 is 2.04 bits per heavy atom. The maximum Gasteiger partial charge on any atom is 0.169 e. The zero-order valence-electron chi connectivity index (χ0n) is 31.5. The fraction of sp³-hybridized carbons (Fsp3) is 0.137. The number of dihydropyridines is 1. The maximum absolute atomic E-state index is 5.40. The number of allylic oxidation sites excluding steroid dienone is 3. The number of fused-ring (bicyclic) bond motifs is 5. The number of aliphatic imine (C=N–C) groups is 4. The van der Waals surface area contributed by atoms with E-state index < -0.39 is 0 Å². The first-order valence-electron chi connectivity index (χ1n) is 19.4. The van der Waals surface area contributed by atoms with Gasteiger partial charge in [-0.15, -0.1) is 0 Å². The molecule has 0 aromatic heterocycles. The monoisotopic (exact) mass is 723 g/mol. The average molecular weight is 724 g/mol. The number of nitrogens with one attached hydrogen (secondary N) is 1. The van der Waals surface area contributed by atoms with Gasteiger partial charge in [0.05, 0.1) is 18.3 Å². The quantitative estimate of drug-likeness (QED) is 0.183. The molecule has 1 aliphatic carbocycles. The molecule has 3 heterocycles. The van der Waals surface area contributed by atoms with Crippen LogP contribution in [-0.2, 0) is 10.8 Å². The average Bonchev–Trinajstić information content (AvgIpc) is 3.26. The lowest BCUT2D eigenvalue weighted by molar-refractivity contribution is 0.517. The third-order valence-electron chi connectivity index (χ3n) is 11.8. The van der Waals surface area contributed by atoms with Crippen molar-refractivity contribution in [2.45, 2.75) is 36.9 Å². The summed E-state index contributed by atoms with van der Waals surface area (Å²) in [5.74, 6) is 1.59. The molecule has 5 nitrogen and oxygen atoms in total. The largest absolute Gasteiger partial charge is 0.324 e. The Kier molecular flexibility index (Phi) is 8.18. The highest BCUT2D eigenvalue weighted by atomic mass is 15.2. The van der Waals surface area contributed by atoms with Gasteiger partial charge in [0.25, 0.3) is 0 Å². The van der Waals surface area contributed by atoms with Crippen molar-refractivity contribution < 1.29 is 0 Å². The zero-order chi connectivity index (χ0) is 37.7. The maximum atomic E-state index is 5.40. The Balaban J connectivity index is 1.17. The number of rotatable bonds is 6. The molecule has 56 heavy (non-hydrogen) atoms. The van der Waals surface area contributed by atoms with E-state index in [2.05, 4.69) is 171 Å². The Labute approximate surface area is 328 Å². The Morgan fingerprint density at radius 1 is 0.571 bits per heavy atom. The molecule has 0 radical (unpaired) electrons. The lowest BCUT2D eigenvalue weighted by Gasteiger charge is -2.40. The molecule has 0 saturated carbocycles.